The lowest BCUT2D eigenvalue weighted by Gasteiger charge is -2.36. The standard InChI is InChI=1S/C30H46N4O9S/c1-27(2,3)22(31-26(38)43-28(4,5)6)24(36)34-17-30(39,18-9-8-10-19(15-18)42-7)16-21(34)23(35)32-29(13-14-29)25(37)33-44(40,41)20-11-12-20/h8,10,15,18,20-22,39H,9,11-14,16-17H2,1-7H3,(H,31,38)(H,32,35)(H,33,37)/t18?,21-,22?,30-/m0/s1. The first-order valence-corrected chi connectivity index (χ1v) is 16.6. The van der Waals surface area contributed by atoms with Gasteiger partial charge in [-0.15, -0.1) is 0 Å². The zero-order valence-corrected chi connectivity index (χ0v) is 27.4. The van der Waals surface area contributed by atoms with Crippen molar-refractivity contribution in [3.05, 3.63) is 24.0 Å². The molecule has 4 amide bonds. The SMILES string of the molecule is COC1=CC([C@]2(O)C[C@@H](C(=O)NC3(C(=O)NS(=O)(=O)C4CC4)CC3)N(C(=O)C(NC(=O)OC(C)(C)C)C(C)(C)C)C2)CC=C1. The largest absolute Gasteiger partial charge is 0.497 e. The van der Waals surface area contributed by atoms with Crippen molar-refractivity contribution in [2.75, 3.05) is 13.7 Å². The van der Waals surface area contributed by atoms with Gasteiger partial charge in [0, 0.05) is 12.3 Å². The van der Waals surface area contributed by atoms with E-state index >= 15 is 0 Å². The van der Waals surface area contributed by atoms with E-state index < -0.39 is 79.2 Å². The third-order valence-corrected chi connectivity index (χ3v) is 10.3. The van der Waals surface area contributed by atoms with Crippen LogP contribution in [0, 0.1) is 11.3 Å². The molecular formula is C30H46N4O9S. The van der Waals surface area contributed by atoms with Crippen LogP contribution in [0.3, 0.4) is 0 Å². The van der Waals surface area contributed by atoms with Crippen molar-refractivity contribution in [1.82, 2.24) is 20.3 Å². The fraction of sp³-hybridized carbons (Fsp3) is 0.733. The molecule has 4 N–H and O–H groups in total. The summed E-state index contributed by atoms with van der Waals surface area (Å²) in [5.74, 6) is -2.08. The summed E-state index contributed by atoms with van der Waals surface area (Å²) in [6, 6.07) is -2.35. The van der Waals surface area contributed by atoms with E-state index in [0.29, 0.717) is 25.0 Å². The van der Waals surface area contributed by atoms with Crippen molar-refractivity contribution in [3.63, 3.8) is 0 Å². The number of aliphatic hydroxyl groups is 1. The summed E-state index contributed by atoms with van der Waals surface area (Å²) in [7, 11) is -2.33. The molecule has 13 nitrogen and oxygen atoms in total. The zero-order valence-electron chi connectivity index (χ0n) is 26.6. The average Bonchev–Trinajstić information content (AvgIpc) is 3.83. The molecule has 0 aromatic rings. The van der Waals surface area contributed by atoms with Gasteiger partial charge in [0.1, 0.15) is 29.0 Å². The molecule has 14 heteroatoms. The van der Waals surface area contributed by atoms with E-state index in [0.717, 1.165) is 0 Å². The molecule has 0 bridgehead atoms. The Balaban J connectivity index is 1.61. The summed E-state index contributed by atoms with van der Waals surface area (Å²) in [6.45, 7) is 10.1. The molecule has 4 aliphatic rings. The highest BCUT2D eigenvalue weighted by atomic mass is 32.2. The van der Waals surface area contributed by atoms with Crippen molar-refractivity contribution in [2.45, 2.75) is 114 Å². The number of sulfonamides is 1. The van der Waals surface area contributed by atoms with E-state index in [9.17, 15) is 32.7 Å². The van der Waals surface area contributed by atoms with Gasteiger partial charge in [0.2, 0.25) is 21.8 Å². The van der Waals surface area contributed by atoms with E-state index in [2.05, 4.69) is 15.4 Å². The van der Waals surface area contributed by atoms with Gasteiger partial charge in [-0.1, -0.05) is 26.8 Å². The number of carbonyl (C=O) groups is 4. The minimum absolute atomic E-state index is 0.155. The summed E-state index contributed by atoms with van der Waals surface area (Å²) in [5, 5.41) is 16.7. The molecule has 2 saturated carbocycles. The number of hydrogen-bond donors (Lipinski definition) is 4. The maximum Gasteiger partial charge on any atom is 0.408 e. The van der Waals surface area contributed by atoms with Crippen molar-refractivity contribution in [3.8, 4) is 0 Å². The summed E-state index contributed by atoms with van der Waals surface area (Å²) >= 11 is 0. The number of allylic oxidation sites excluding steroid dienone is 2. The van der Waals surface area contributed by atoms with Gasteiger partial charge in [0.15, 0.2) is 0 Å². The summed E-state index contributed by atoms with van der Waals surface area (Å²) in [6.07, 6.45) is 6.24. The minimum atomic E-state index is -3.83. The Morgan fingerprint density at radius 2 is 1.73 bits per heavy atom. The van der Waals surface area contributed by atoms with Crippen LogP contribution in [0.25, 0.3) is 0 Å². The lowest BCUT2D eigenvalue weighted by molar-refractivity contribution is -0.143. The molecule has 4 rings (SSSR count). The second-order valence-electron chi connectivity index (χ2n) is 14.5. The molecule has 1 heterocycles. The molecule has 4 atom stereocenters. The Morgan fingerprint density at radius 1 is 1.09 bits per heavy atom. The molecule has 3 aliphatic carbocycles. The van der Waals surface area contributed by atoms with Gasteiger partial charge < -0.3 is 30.1 Å². The first kappa shape index (κ1) is 33.8. The molecule has 0 spiro atoms. The van der Waals surface area contributed by atoms with Gasteiger partial charge in [-0.2, -0.15) is 0 Å². The molecular weight excluding hydrogens is 592 g/mol. The Hall–Kier alpha value is -3.13. The van der Waals surface area contributed by atoms with Gasteiger partial charge in [0.05, 0.1) is 24.5 Å². The van der Waals surface area contributed by atoms with E-state index in [-0.39, 0.29) is 25.8 Å². The maximum atomic E-state index is 14.2. The normalized spacial score (nSPS) is 27.1. The maximum absolute atomic E-state index is 14.2. The molecule has 44 heavy (non-hydrogen) atoms. The van der Waals surface area contributed by atoms with E-state index in [1.54, 1.807) is 53.7 Å². The number of carbonyl (C=O) groups excluding carboxylic acids is 4. The highest BCUT2D eigenvalue weighted by Gasteiger charge is 2.58. The number of rotatable bonds is 9. The Kier molecular flexibility index (Phi) is 8.95. The second-order valence-corrected chi connectivity index (χ2v) is 16.5. The van der Waals surface area contributed by atoms with Crippen LogP contribution in [0.4, 0.5) is 4.79 Å². The molecule has 1 saturated heterocycles. The van der Waals surface area contributed by atoms with Crippen molar-refractivity contribution >= 4 is 33.8 Å². The van der Waals surface area contributed by atoms with Gasteiger partial charge in [-0.25, -0.2) is 13.2 Å². The van der Waals surface area contributed by atoms with Crippen molar-refractivity contribution in [2.24, 2.45) is 11.3 Å². The first-order valence-electron chi connectivity index (χ1n) is 15.0. The third kappa shape index (κ3) is 7.56. The van der Waals surface area contributed by atoms with Crippen LogP contribution in [-0.4, -0.2) is 90.0 Å². The zero-order chi connectivity index (χ0) is 32.9. The number of alkyl carbamates (subject to hydrolysis) is 1. The molecule has 3 fully saturated rings. The van der Waals surface area contributed by atoms with E-state index in [1.165, 1.54) is 12.0 Å². The number of likely N-dealkylation sites (tertiary alicyclic amines) is 1. The van der Waals surface area contributed by atoms with Gasteiger partial charge in [0.25, 0.3) is 5.91 Å². The molecule has 0 aromatic heterocycles. The van der Waals surface area contributed by atoms with Crippen LogP contribution < -0.4 is 15.4 Å². The van der Waals surface area contributed by atoms with Gasteiger partial charge in [-0.3, -0.25) is 19.1 Å². The van der Waals surface area contributed by atoms with Crippen LogP contribution in [0.15, 0.2) is 24.0 Å². The van der Waals surface area contributed by atoms with Crippen LogP contribution >= 0.6 is 0 Å². The number of nitrogens with zero attached hydrogens (tertiary/aromatic N) is 1. The number of ether oxygens (including phenoxy) is 2. The quantitative estimate of drug-likeness (QED) is 0.292. The van der Waals surface area contributed by atoms with Crippen LogP contribution in [0.2, 0.25) is 0 Å². The first-order chi connectivity index (χ1) is 20.2. The molecule has 0 radical (unpaired) electrons. The lowest BCUT2D eigenvalue weighted by atomic mass is 9.80. The van der Waals surface area contributed by atoms with Crippen molar-refractivity contribution < 1.29 is 42.2 Å². The average molecular weight is 639 g/mol. The van der Waals surface area contributed by atoms with Gasteiger partial charge >= 0.3 is 6.09 Å². The number of hydrogen-bond acceptors (Lipinski definition) is 9. The Bertz CT molecular complexity index is 1350. The molecule has 0 aromatic carbocycles. The fourth-order valence-electron chi connectivity index (χ4n) is 5.59. The number of amides is 4. The van der Waals surface area contributed by atoms with Crippen LogP contribution in [-0.2, 0) is 33.9 Å². The predicted octanol–water partition coefficient (Wildman–Crippen LogP) is 1.62. The Morgan fingerprint density at radius 3 is 2.25 bits per heavy atom. The van der Waals surface area contributed by atoms with E-state index in [4.69, 9.17) is 9.47 Å². The predicted molar refractivity (Wildman–Crippen MR) is 160 cm³/mol. The summed E-state index contributed by atoms with van der Waals surface area (Å²) in [5.41, 5.74) is -4.61. The fourth-order valence-corrected chi connectivity index (χ4v) is 6.97. The number of nitrogens with one attached hydrogen (secondary N) is 3. The van der Waals surface area contributed by atoms with Crippen molar-refractivity contribution in [1.29, 1.82) is 0 Å². The molecule has 2 unspecified atom stereocenters. The highest BCUT2D eigenvalue weighted by molar-refractivity contribution is 7.91. The van der Waals surface area contributed by atoms with Crippen LogP contribution in [0.1, 0.15) is 80.1 Å². The lowest BCUT2D eigenvalue weighted by Crippen LogP contribution is -2.60. The molecule has 1 aliphatic heterocycles. The van der Waals surface area contributed by atoms with Gasteiger partial charge in [-0.05, 0) is 70.4 Å². The van der Waals surface area contributed by atoms with E-state index in [1.807, 2.05) is 6.08 Å². The molecule has 246 valence electrons. The smallest absolute Gasteiger partial charge is 0.408 e. The third-order valence-electron chi connectivity index (χ3n) is 8.44. The highest BCUT2D eigenvalue weighted by Crippen LogP contribution is 2.41. The summed E-state index contributed by atoms with van der Waals surface area (Å²) in [4.78, 5) is 55.2. The monoisotopic (exact) mass is 638 g/mol. The van der Waals surface area contributed by atoms with Crippen LogP contribution in [0.5, 0.6) is 0 Å². The minimum Gasteiger partial charge on any atom is -0.497 e. The topological polar surface area (TPSA) is 180 Å². The second kappa shape index (κ2) is 11.7. The number of methoxy groups -OCH3 is 1. The number of β-amino-alcohol motifs (C(OH)–C–C–N with tert-alkyl or cyclic N) is 1. The Labute approximate surface area is 259 Å². The summed E-state index contributed by atoms with van der Waals surface area (Å²) < 4.78 is 37.7.